The lowest BCUT2D eigenvalue weighted by atomic mass is 9.92. The van der Waals surface area contributed by atoms with Crippen LogP contribution in [0, 0.1) is 0 Å². The van der Waals surface area contributed by atoms with Crippen molar-refractivity contribution < 1.29 is 13.9 Å². The molecule has 0 saturated heterocycles. The van der Waals surface area contributed by atoms with E-state index in [1.165, 1.54) is 7.11 Å². The van der Waals surface area contributed by atoms with Crippen molar-refractivity contribution in [2.45, 2.75) is 18.5 Å². The molecule has 4 aromatic rings. The van der Waals surface area contributed by atoms with E-state index in [9.17, 15) is 4.79 Å². The molecule has 130 valence electrons. The van der Waals surface area contributed by atoms with Crippen LogP contribution in [0.15, 0.2) is 59.0 Å². The number of para-hydroxylation sites is 2. The highest BCUT2D eigenvalue weighted by Crippen LogP contribution is 2.37. The molecule has 5 heteroatoms. The molecule has 1 aliphatic heterocycles. The zero-order valence-corrected chi connectivity index (χ0v) is 14.3. The SMILES string of the molecule is COC(=O)[C@@H]1Cc2c([nH]c3ccccc23)[C@H](c2cc3ccccc3o2)N1. The van der Waals surface area contributed by atoms with Crippen LogP contribution in [-0.4, -0.2) is 24.1 Å². The second-order valence-electron chi connectivity index (χ2n) is 6.63. The Morgan fingerprint density at radius 1 is 1.15 bits per heavy atom. The predicted octanol–water partition coefficient (Wildman–Crippen LogP) is 3.69. The summed E-state index contributed by atoms with van der Waals surface area (Å²) in [6.07, 6.45) is 0.586. The fraction of sp³-hybridized carbons (Fsp3) is 0.190. The van der Waals surface area contributed by atoms with Crippen molar-refractivity contribution in [1.29, 1.82) is 0 Å². The molecule has 3 heterocycles. The molecular formula is C21H18N2O3. The maximum Gasteiger partial charge on any atom is 0.323 e. The second-order valence-corrected chi connectivity index (χ2v) is 6.63. The van der Waals surface area contributed by atoms with Gasteiger partial charge in [-0.15, -0.1) is 0 Å². The molecule has 5 rings (SSSR count). The lowest BCUT2D eigenvalue weighted by Crippen LogP contribution is -2.45. The minimum absolute atomic E-state index is 0.234. The van der Waals surface area contributed by atoms with Crippen molar-refractivity contribution in [2.24, 2.45) is 0 Å². The highest BCUT2D eigenvalue weighted by Gasteiger charge is 2.36. The van der Waals surface area contributed by atoms with E-state index >= 15 is 0 Å². The number of furan rings is 1. The fourth-order valence-corrected chi connectivity index (χ4v) is 3.90. The number of hydrogen-bond donors (Lipinski definition) is 2. The van der Waals surface area contributed by atoms with Crippen molar-refractivity contribution in [2.75, 3.05) is 7.11 Å². The summed E-state index contributed by atoms with van der Waals surface area (Å²) in [6, 6.07) is 17.5. The standard InChI is InChI=1S/C21H18N2O3/c1-25-21(24)16-11-14-13-7-3-4-8-15(13)22-19(14)20(23-16)18-10-12-6-2-5-9-17(12)26-18/h2-10,16,20,22-23H,11H2,1H3/t16-,20-/m0/s1. The monoisotopic (exact) mass is 346 g/mol. The van der Waals surface area contributed by atoms with Gasteiger partial charge in [0, 0.05) is 28.4 Å². The van der Waals surface area contributed by atoms with Crippen LogP contribution < -0.4 is 5.32 Å². The molecule has 1 aliphatic rings. The molecule has 0 radical (unpaired) electrons. The number of nitrogens with one attached hydrogen (secondary N) is 2. The van der Waals surface area contributed by atoms with Crippen LogP contribution in [0.4, 0.5) is 0 Å². The van der Waals surface area contributed by atoms with Gasteiger partial charge in [0.2, 0.25) is 0 Å². The summed E-state index contributed by atoms with van der Waals surface area (Å²) in [7, 11) is 1.42. The average molecular weight is 346 g/mol. The number of rotatable bonds is 2. The third kappa shape index (κ3) is 2.24. The van der Waals surface area contributed by atoms with Gasteiger partial charge in [-0.25, -0.2) is 0 Å². The number of aromatic amines is 1. The summed E-state index contributed by atoms with van der Waals surface area (Å²) in [6.45, 7) is 0. The number of carbonyl (C=O) groups excluding carboxylic acids is 1. The van der Waals surface area contributed by atoms with Crippen molar-refractivity contribution in [1.82, 2.24) is 10.3 Å². The van der Waals surface area contributed by atoms with E-state index in [4.69, 9.17) is 9.15 Å². The topological polar surface area (TPSA) is 67.3 Å². The van der Waals surface area contributed by atoms with E-state index in [1.807, 2.05) is 42.5 Å². The lowest BCUT2D eigenvalue weighted by Gasteiger charge is -2.28. The number of carbonyl (C=O) groups is 1. The zero-order chi connectivity index (χ0) is 17.7. The Labute approximate surface area is 149 Å². The van der Waals surface area contributed by atoms with Crippen LogP contribution in [0.2, 0.25) is 0 Å². The highest BCUT2D eigenvalue weighted by molar-refractivity contribution is 5.87. The smallest absolute Gasteiger partial charge is 0.323 e. The number of benzene rings is 2. The normalized spacial score (nSPS) is 19.6. The first kappa shape index (κ1) is 15.2. The highest BCUT2D eigenvalue weighted by atomic mass is 16.5. The molecule has 0 saturated carbocycles. The Balaban J connectivity index is 1.69. The molecule has 2 aromatic heterocycles. The number of esters is 1. The molecule has 2 atom stereocenters. The molecule has 0 unspecified atom stereocenters. The maximum absolute atomic E-state index is 12.3. The van der Waals surface area contributed by atoms with E-state index in [0.29, 0.717) is 6.42 Å². The Morgan fingerprint density at radius 2 is 1.96 bits per heavy atom. The second kappa shape index (κ2) is 5.75. The maximum atomic E-state index is 12.3. The van der Waals surface area contributed by atoms with Crippen molar-refractivity contribution in [3.05, 3.63) is 71.6 Å². The van der Waals surface area contributed by atoms with Crippen molar-refractivity contribution >= 4 is 27.8 Å². The van der Waals surface area contributed by atoms with Crippen LogP contribution in [0.1, 0.15) is 23.1 Å². The van der Waals surface area contributed by atoms with Gasteiger partial charge < -0.3 is 14.1 Å². The third-order valence-corrected chi connectivity index (χ3v) is 5.13. The van der Waals surface area contributed by atoms with E-state index in [-0.39, 0.29) is 12.0 Å². The molecule has 0 aliphatic carbocycles. The van der Waals surface area contributed by atoms with Gasteiger partial charge in [0.15, 0.2) is 0 Å². The van der Waals surface area contributed by atoms with E-state index in [2.05, 4.69) is 22.4 Å². The molecule has 2 N–H and O–H groups in total. The summed E-state index contributed by atoms with van der Waals surface area (Å²) >= 11 is 0. The first-order chi connectivity index (χ1) is 12.7. The Morgan fingerprint density at radius 3 is 2.81 bits per heavy atom. The van der Waals surface area contributed by atoms with Gasteiger partial charge in [-0.2, -0.15) is 0 Å². The summed E-state index contributed by atoms with van der Waals surface area (Å²) in [5.41, 5.74) is 4.08. The minimum atomic E-state index is -0.412. The van der Waals surface area contributed by atoms with Crippen LogP contribution in [0.5, 0.6) is 0 Å². The Hall–Kier alpha value is -3.05. The number of aromatic nitrogens is 1. The zero-order valence-electron chi connectivity index (χ0n) is 14.3. The van der Waals surface area contributed by atoms with E-state index in [0.717, 1.165) is 38.9 Å². The van der Waals surface area contributed by atoms with Gasteiger partial charge in [-0.1, -0.05) is 36.4 Å². The van der Waals surface area contributed by atoms with Gasteiger partial charge in [-0.05, 0) is 23.8 Å². The molecule has 2 aromatic carbocycles. The summed E-state index contributed by atoms with van der Waals surface area (Å²) in [5, 5.41) is 5.58. The van der Waals surface area contributed by atoms with Gasteiger partial charge in [0.05, 0.1) is 7.11 Å². The first-order valence-corrected chi connectivity index (χ1v) is 8.66. The lowest BCUT2D eigenvalue weighted by molar-refractivity contribution is -0.143. The summed E-state index contributed by atoms with van der Waals surface area (Å²) in [4.78, 5) is 15.8. The molecule has 5 nitrogen and oxygen atoms in total. The number of ether oxygens (including phenoxy) is 1. The average Bonchev–Trinajstić information content (AvgIpc) is 3.27. The molecule has 0 fully saturated rings. The van der Waals surface area contributed by atoms with Gasteiger partial charge in [-0.3, -0.25) is 10.1 Å². The van der Waals surface area contributed by atoms with Gasteiger partial charge in [0.1, 0.15) is 23.4 Å². The van der Waals surface area contributed by atoms with Crippen LogP contribution in [0.3, 0.4) is 0 Å². The first-order valence-electron chi connectivity index (χ1n) is 8.66. The predicted molar refractivity (Wildman–Crippen MR) is 99.0 cm³/mol. The summed E-state index contributed by atoms with van der Waals surface area (Å²) in [5.74, 6) is 0.523. The quantitative estimate of drug-likeness (QED) is 0.543. The molecule has 0 spiro atoms. The van der Waals surface area contributed by atoms with Crippen LogP contribution >= 0.6 is 0 Å². The molecule has 26 heavy (non-hydrogen) atoms. The van der Waals surface area contributed by atoms with E-state index < -0.39 is 6.04 Å². The number of fused-ring (bicyclic) bond motifs is 4. The number of H-pyrrole nitrogens is 1. The Kier molecular flexibility index (Phi) is 3.36. The Bertz CT molecular complexity index is 1090. The number of hydrogen-bond acceptors (Lipinski definition) is 4. The summed E-state index contributed by atoms with van der Waals surface area (Å²) < 4.78 is 11.1. The van der Waals surface area contributed by atoms with Crippen molar-refractivity contribution in [3.8, 4) is 0 Å². The minimum Gasteiger partial charge on any atom is -0.468 e. The molecular weight excluding hydrogens is 328 g/mol. The number of methoxy groups -OCH3 is 1. The van der Waals surface area contributed by atoms with Crippen LogP contribution in [-0.2, 0) is 16.0 Å². The molecule has 0 amide bonds. The van der Waals surface area contributed by atoms with Crippen molar-refractivity contribution in [3.63, 3.8) is 0 Å². The van der Waals surface area contributed by atoms with Gasteiger partial charge in [0.25, 0.3) is 0 Å². The van der Waals surface area contributed by atoms with Gasteiger partial charge >= 0.3 is 5.97 Å². The largest absolute Gasteiger partial charge is 0.468 e. The van der Waals surface area contributed by atoms with Crippen LogP contribution in [0.25, 0.3) is 21.9 Å². The third-order valence-electron chi connectivity index (χ3n) is 5.13. The molecule has 0 bridgehead atoms. The van der Waals surface area contributed by atoms with E-state index in [1.54, 1.807) is 0 Å². The fourth-order valence-electron chi connectivity index (χ4n) is 3.90.